The summed E-state index contributed by atoms with van der Waals surface area (Å²) in [6.07, 6.45) is 12.6. The lowest BCUT2D eigenvalue weighted by Crippen LogP contribution is -2.61. The molecule has 2 fully saturated rings. The van der Waals surface area contributed by atoms with E-state index in [-0.39, 0.29) is 17.5 Å². The molecule has 0 saturated heterocycles. The quantitative estimate of drug-likeness (QED) is 0.626. The Hall–Kier alpha value is -1.88. The van der Waals surface area contributed by atoms with Crippen LogP contribution >= 0.6 is 11.6 Å². The fourth-order valence-corrected chi connectivity index (χ4v) is 6.45. The molecule has 0 N–H and O–H groups in total. The fraction of sp³-hybridized carbons (Fsp3) is 0.625. The van der Waals surface area contributed by atoms with Gasteiger partial charge in [-0.2, -0.15) is 10.1 Å². The molecule has 1 aromatic carbocycles. The van der Waals surface area contributed by atoms with Crippen molar-refractivity contribution in [2.24, 2.45) is 5.92 Å². The fourth-order valence-electron chi connectivity index (χ4n) is 6.23. The molecule has 2 atom stereocenters. The molecule has 2 aliphatic carbocycles. The van der Waals surface area contributed by atoms with Crippen molar-refractivity contribution in [3.63, 3.8) is 0 Å². The van der Waals surface area contributed by atoms with Gasteiger partial charge in [0.05, 0.1) is 16.1 Å². The van der Waals surface area contributed by atoms with Crippen molar-refractivity contribution in [2.75, 3.05) is 4.90 Å². The molecule has 0 radical (unpaired) electrons. The van der Waals surface area contributed by atoms with E-state index >= 15 is 0 Å². The highest BCUT2D eigenvalue weighted by Crippen LogP contribution is 2.53. The number of benzene rings is 1. The number of aromatic nitrogens is 3. The number of hydrogen-bond acceptors (Lipinski definition) is 3. The Balaban J connectivity index is 1.67. The molecule has 2 aromatic rings. The number of hydrogen-bond donors (Lipinski definition) is 0. The van der Waals surface area contributed by atoms with E-state index in [0.29, 0.717) is 16.5 Å². The Bertz CT molecular complexity index is 933. The van der Waals surface area contributed by atoms with E-state index in [0.717, 1.165) is 43.9 Å². The predicted molar refractivity (Wildman–Crippen MR) is 119 cm³/mol. The van der Waals surface area contributed by atoms with Gasteiger partial charge in [-0.15, -0.1) is 0 Å². The van der Waals surface area contributed by atoms with Crippen molar-refractivity contribution in [3.8, 4) is 0 Å². The summed E-state index contributed by atoms with van der Waals surface area (Å²) < 4.78 is 2.19. The number of carbonyl (C=O) groups excluding carboxylic acids is 1. The molecular formula is C24H31ClN4O. The van der Waals surface area contributed by atoms with Crippen LogP contribution < -0.4 is 4.90 Å². The molecule has 1 aromatic heterocycles. The van der Waals surface area contributed by atoms with Crippen molar-refractivity contribution in [1.82, 2.24) is 14.8 Å². The number of amides is 1. The van der Waals surface area contributed by atoms with E-state index in [2.05, 4.69) is 11.6 Å². The first-order valence-corrected chi connectivity index (χ1v) is 12.1. The van der Waals surface area contributed by atoms with E-state index in [9.17, 15) is 4.79 Å². The first kappa shape index (κ1) is 20.0. The first-order chi connectivity index (χ1) is 14.7. The molecule has 1 aliphatic heterocycles. The van der Waals surface area contributed by atoms with Gasteiger partial charge in [-0.1, -0.05) is 62.8 Å². The van der Waals surface area contributed by atoms with Crippen LogP contribution in [0.15, 0.2) is 24.3 Å². The Morgan fingerprint density at radius 3 is 2.67 bits per heavy atom. The highest BCUT2D eigenvalue weighted by molar-refractivity contribution is 6.34. The molecule has 30 heavy (non-hydrogen) atoms. The van der Waals surface area contributed by atoms with Crippen molar-refractivity contribution in [3.05, 3.63) is 40.7 Å². The maximum Gasteiger partial charge on any atom is 0.262 e. The summed E-state index contributed by atoms with van der Waals surface area (Å²) in [5.41, 5.74) is 0.587. The minimum absolute atomic E-state index is 0.0227. The molecule has 0 unspecified atom stereocenters. The number of nitrogens with zero attached hydrogens (tertiary/aromatic N) is 4. The van der Waals surface area contributed by atoms with Gasteiger partial charge in [0.2, 0.25) is 5.95 Å². The molecule has 1 amide bonds. The normalized spacial score (nSPS) is 25.1. The molecule has 2 heterocycles. The lowest BCUT2D eigenvalue weighted by Gasteiger charge is -2.55. The van der Waals surface area contributed by atoms with Crippen LogP contribution in [0.3, 0.4) is 0 Å². The average Bonchev–Trinajstić information content (AvgIpc) is 3.19. The van der Waals surface area contributed by atoms with E-state index in [4.69, 9.17) is 21.7 Å². The minimum atomic E-state index is -0.0279. The smallest absolute Gasteiger partial charge is 0.262 e. The first-order valence-electron chi connectivity index (χ1n) is 11.7. The van der Waals surface area contributed by atoms with Crippen LogP contribution in [0.2, 0.25) is 5.02 Å². The van der Waals surface area contributed by atoms with Gasteiger partial charge in [-0.05, 0) is 44.2 Å². The summed E-state index contributed by atoms with van der Waals surface area (Å²) in [5.74, 6) is 2.04. The van der Waals surface area contributed by atoms with Crippen LogP contribution in [0.5, 0.6) is 0 Å². The summed E-state index contributed by atoms with van der Waals surface area (Å²) >= 11 is 6.45. The highest BCUT2D eigenvalue weighted by Gasteiger charge is 2.55. The standard InChI is InChI=1S/C24H31ClN4O/c1-2-10-21-26-23-28(22(30)17-11-4-6-13-19(17)25)20-14-7-5-12-18(20)24(29(23)27-21)15-8-3-9-16-24/h4,6,11,13,18,20H,2-3,5,7-10,12,14-16H2,1H3/t18-,20+/m1/s1. The SMILES string of the molecule is CCCc1nc2n(n1)C1(CCCCC1)[C@@H]1CCCC[C@@H]1N2C(=O)c1ccccc1Cl. The van der Waals surface area contributed by atoms with Gasteiger partial charge in [-0.25, -0.2) is 4.68 Å². The predicted octanol–water partition coefficient (Wildman–Crippen LogP) is 5.76. The summed E-state index contributed by atoms with van der Waals surface area (Å²) in [6, 6.07) is 7.58. The molecule has 5 rings (SSSR count). The molecule has 160 valence electrons. The van der Waals surface area contributed by atoms with E-state index in [1.54, 1.807) is 6.07 Å². The average molecular weight is 427 g/mol. The number of carbonyl (C=O) groups is 1. The largest absolute Gasteiger partial charge is 0.273 e. The van der Waals surface area contributed by atoms with Gasteiger partial charge in [0, 0.05) is 18.4 Å². The lowest BCUT2D eigenvalue weighted by atomic mass is 9.64. The second-order valence-electron chi connectivity index (χ2n) is 9.27. The number of halogens is 1. The van der Waals surface area contributed by atoms with Crippen LogP contribution in [0, 0.1) is 5.92 Å². The van der Waals surface area contributed by atoms with Crippen LogP contribution in [0.1, 0.15) is 87.3 Å². The van der Waals surface area contributed by atoms with E-state index in [1.165, 1.54) is 38.5 Å². The van der Waals surface area contributed by atoms with Gasteiger partial charge in [0.1, 0.15) is 0 Å². The topological polar surface area (TPSA) is 51.0 Å². The highest BCUT2D eigenvalue weighted by atomic mass is 35.5. The van der Waals surface area contributed by atoms with Crippen LogP contribution in [-0.2, 0) is 12.0 Å². The zero-order valence-corrected chi connectivity index (χ0v) is 18.6. The zero-order chi connectivity index (χ0) is 20.7. The maximum atomic E-state index is 13.8. The van der Waals surface area contributed by atoms with Gasteiger partial charge < -0.3 is 0 Å². The van der Waals surface area contributed by atoms with E-state index < -0.39 is 0 Å². The van der Waals surface area contributed by atoms with Crippen molar-refractivity contribution < 1.29 is 4.79 Å². The minimum Gasteiger partial charge on any atom is -0.273 e. The third-order valence-corrected chi connectivity index (χ3v) is 7.87. The van der Waals surface area contributed by atoms with Crippen molar-refractivity contribution in [2.45, 2.75) is 89.1 Å². The Morgan fingerprint density at radius 1 is 1.13 bits per heavy atom. The summed E-state index contributed by atoms with van der Waals surface area (Å²) in [4.78, 5) is 20.8. The lowest BCUT2D eigenvalue weighted by molar-refractivity contribution is 0.0311. The molecule has 6 heteroatoms. The Morgan fingerprint density at radius 2 is 1.90 bits per heavy atom. The molecule has 5 nitrogen and oxygen atoms in total. The van der Waals surface area contributed by atoms with Gasteiger partial charge in [0.25, 0.3) is 5.91 Å². The molecular weight excluding hydrogens is 396 g/mol. The third-order valence-electron chi connectivity index (χ3n) is 7.54. The second kappa shape index (κ2) is 7.99. The molecule has 0 bridgehead atoms. The summed E-state index contributed by atoms with van der Waals surface area (Å²) in [6.45, 7) is 2.16. The number of rotatable bonds is 3. The summed E-state index contributed by atoms with van der Waals surface area (Å²) in [5, 5.41) is 5.54. The van der Waals surface area contributed by atoms with Crippen LogP contribution in [0.25, 0.3) is 0 Å². The van der Waals surface area contributed by atoms with Crippen molar-refractivity contribution in [1.29, 1.82) is 0 Å². The maximum absolute atomic E-state index is 13.8. The second-order valence-corrected chi connectivity index (χ2v) is 9.67. The number of fused-ring (bicyclic) bond motifs is 4. The van der Waals surface area contributed by atoms with Gasteiger partial charge in [-0.3, -0.25) is 9.69 Å². The number of aryl methyl sites for hydroxylation is 1. The number of anilines is 1. The van der Waals surface area contributed by atoms with Crippen LogP contribution in [-0.4, -0.2) is 26.7 Å². The summed E-state index contributed by atoms with van der Waals surface area (Å²) in [7, 11) is 0. The van der Waals surface area contributed by atoms with E-state index in [1.807, 2.05) is 23.1 Å². The Labute approximate surface area is 183 Å². The molecule has 2 saturated carbocycles. The third kappa shape index (κ3) is 3.08. The zero-order valence-electron chi connectivity index (χ0n) is 17.8. The molecule has 3 aliphatic rings. The van der Waals surface area contributed by atoms with Gasteiger partial charge >= 0.3 is 0 Å². The molecule has 1 spiro atoms. The van der Waals surface area contributed by atoms with Crippen molar-refractivity contribution >= 4 is 23.5 Å². The monoisotopic (exact) mass is 426 g/mol. The van der Waals surface area contributed by atoms with Crippen LogP contribution in [0.4, 0.5) is 5.95 Å². The Kier molecular flexibility index (Phi) is 5.34. The van der Waals surface area contributed by atoms with Gasteiger partial charge in [0.15, 0.2) is 5.82 Å².